The van der Waals surface area contributed by atoms with Crippen LogP contribution >= 0.6 is 0 Å². The van der Waals surface area contributed by atoms with Crippen molar-refractivity contribution in [1.29, 1.82) is 0 Å². The lowest BCUT2D eigenvalue weighted by atomic mass is 10.00. The molecule has 0 atom stereocenters. The Balaban J connectivity index is 2.50. The molecule has 4 bridgehead atoms. The third-order valence-electron chi connectivity index (χ3n) is 4.69. The third kappa shape index (κ3) is 1.86. The fourth-order valence-corrected chi connectivity index (χ4v) is 3.56. The maximum Gasteiger partial charge on any atom is 0.261 e. The lowest BCUT2D eigenvalue weighted by Gasteiger charge is -2.00. The van der Waals surface area contributed by atoms with Gasteiger partial charge in [0.15, 0.2) is 0 Å². The van der Waals surface area contributed by atoms with Crippen molar-refractivity contribution < 1.29 is 0 Å². The Morgan fingerprint density at radius 2 is 0.885 bits per heavy atom. The Kier molecular flexibility index (Phi) is 3.37. The molecule has 4 heterocycles. The molecule has 0 unspecified atom stereocenters. The largest absolute Gasteiger partial charge is 0.270 e. The van der Waals surface area contributed by atoms with Gasteiger partial charge in [-0.05, 0) is 24.3 Å². The highest BCUT2D eigenvalue weighted by Gasteiger charge is 2.20. The molecule has 0 aliphatic rings. The van der Waals surface area contributed by atoms with Gasteiger partial charge >= 0.3 is 0 Å². The van der Waals surface area contributed by atoms with Crippen molar-refractivity contribution in [3.05, 3.63) is 91.0 Å². The summed E-state index contributed by atoms with van der Waals surface area (Å²) >= 11 is 0. The second-order valence-corrected chi connectivity index (χ2v) is 6.09. The molecule has 0 amide bonds. The van der Waals surface area contributed by atoms with E-state index < -0.39 is 22.2 Å². The summed E-state index contributed by atoms with van der Waals surface area (Å²) in [5.74, 6) is 0. The fraction of sp³-hybridized carbons (Fsp3) is 0.100. The first-order valence-electron chi connectivity index (χ1n) is 8.05. The van der Waals surface area contributed by atoms with E-state index in [1.807, 2.05) is 0 Å². The van der Waals surface area contributed by atoms with Crippen molar-refractivity contribution in [1.82, 2.24) is 9.13 Å². The molecule has 2 aromatic carbocycles. The molecule has 128 valence electrons. The first kappa shape index (κ1) is 16.0. The van der Waals surface area contributed by atoms with E-state index in [1.54, 1.807) is 0 Å². The van der Waals surface area contributed by atoms with E-state index in [-0.39, 0.29) is 34.6 Å². The maximum atomic E-state index is 12.9. The molecule has 0 saturated carbocycles. The topological polar surface area (TPSA) is 78.1 Å². The quantitative estimate of drug-likeness (QED) is 0.524. The standard InChI is InChI=1S/C20H14N2O4/c1-3-9-21-17(23)11-5-6-12(18(21)24)16-14-8-7-13(15(11)16)19(25)22(10-4-2)20(14)26/h3-8H,1-2,9-10H2. The Morgan fingerprint density at radius 3 is 1.12 bits per heavy atom. The maximum absolute atomic E-state index is 12.9. The average Bonchev–Trinajstić information content (AvgIpc) is 2.91. The van der Waals surface area contributed by atoms with E-state index >= 15 is 0 Å². The Labute approximate surface area is 146 Å². The Hall–Kier alpha value is -3.54. The van der Waals surface area contributed by atoms with Crippen molar-refractivity contribution in [2.75, 3.05) is 0 Å². The molecular formula is C20H14N2O4. The van der Waals surface area contributed by atoms with Gasteiger partial charge in [-0.15, -0.1) is 13.2 Å². The van der Waals surface area contributed by atoms with Crippen LogP contribution in [0.15, 0.2) is 68.8 Å². The summed E-state index contributed by atoms with van der Waals surface area (Å²) in [6, 6.07) is 6.15. The minimum Gasteiger partial charge on any atom is -0.270 e. The van der Waals surface area contributed by atoms with Gasteiger partial charge in [-0.2, -0.15) is 0 Å². The second kappa shape index (κ2) is 5.49. The van der Waals surface area contributed by atoms with Gasteiger partial charge in [0.25, 0.3) is 22.2 Å². The zero-order chi connectivity index (χ0) is 18.6. The van der Waals surface area contributed by atoms with Crippen LogP contribution in [-0.4, -0.2) is 9.13 Å². The summed E-state index contributed by atoms with van der Waals surface area (Å²) in [5, 5.41) is 1.64. The van der Waals surface area contributed by atoms with Crippen LogP contribution in [0.25, 0.3) is 32.3 Å². The van der Waals surface area contributed by atoms with Crippen LogP contribution in [0.2, 0.25) is 0 Å². The number of hydrogen-bond acceptors (Lipinski definition) is 4. The highest BCUT2D eigenvalue weighted by atomic mass is 16.2. The smallest absolute Gasteiger partial charge is 0.261 e. The minimum atomic E-state index is -0.504. The predicted octanol–water partition coefficient (Wildman–Crippen LogP) is 1.44. The van der Waals surface area contributed by atoms with Crippen LogP contribution in [0.4, 0.5) is 0 Å². The SMILES string of the molecule is C=CCn1c(=O)c2ccc(c1=O)c1c3ccc(c(=O)n(CC=C)c3=O)c21. The molecule has 0 aliphatic carbocycles. The third-order valence-corrected chi connectivity index (χ3v) is 4.69. The van der Waals surface area contributed by atoms with E-state index in [1.165, 1.54) is 36.4 Å². The molecular weight excluding hydrogens is 332 g/mol. The van der Waals surface area contributed by atoms with Gasteiger partial charge in [-0.1, -0.05) is 12.2 Å². The number of nitrogens with zero attached hydrogens (tertiary/aromatic N) is 2. The van der Waals surface area contributed by atoms with E-state index in [4.69, 9.17) is 0 Å². The Bertz CT molecular complexity index is 1240. The summed E-state index contributed by atoms with van der Waals surface area (Å²) < 4.78 is 2.15. The van der Waals surface area contributed by atoms with Gasteiger partial charge in [-0.25, -0.2) is 0 Å². The van der Waals surface area contributed by atoms with Crippen molar-refractivity contribution in [3.8, 4) is 0 Å². The fourth-order valence-electron chi connectivity index (χ4n) is 3.56. The minimum absolute atomic E-state index is 0.0511. The van der Waals surface area contributed by atoms with Crippen LogP contribution < -0.4 is 22.2 Å². The lowest BCUT2D eigenvalue weighted by Crippen LogP contribution is -2.29. The normalized spacial score (nSPS) is 11.5. The van der Waals surface area contributed by atoms with Crippen molar-refractivity contribution in [2.45, 2.75) is 13.1 Å². The van der Waals surface area contributed by atoms with E-state index in [0.717, 1.165) is 9.13 Å². The van der Waals surface area contributed by atoms with Crippen molar-refractivity contribution in [2.24, 2.45) is 0 Å². The van der Waals surface area contributed by atoms with E-state index in [2.05, 4.69) is 13.2 Å². The summed E-state index contributed by atoms with van der Waals surface area (Å²) in [7, 11) is 0. The van der Waals surface area contributed by atoms with Crippen molar-refractivity contribution >= 4 is 32.3 Å². The molecule has 6 nitrogen and oxygen atoms in total. The Morgan fingerprint density at radius 1 is 0.615 bits per heavy atom. The summed E-state index contributed by atoms with van der Waals surface area (Å²) in [6.45, 7) is 7.27. The van der Waals surface area contributed by atoms with E-state index in [9.17, 15) is 19.2 Å². The first-order chi connectivity index (χ1) is 12.5. The van der Waals surface area contributed by atoms with Crippen LogP contribution in [0.1, 0.15) is 0 Å². The molecule has 0 fully saturated rings. The van der Waals surface area contributed by atoms with Gasteiger partial charge in [0.05, 0.1) is 0 Å². The number of fused-ring (bicyclic) bond motifs is 6. The molecule has 26 heavy (non-hydrogen) atoms. The first-order valence-corrected chi connectivity index (χ1v) is 8.05. The van der Waals surface area contributed by atoms with Gasteiger partial charge in [0.1, 0.15) is 0 Å². The molecule has 0 N–H and O–H groups in total. The average molecular weight is 346 g/mol. The molecule has 6 heteroatoms. The van der Waals surface area contributed by atoms with Crippen molar-refractivity contribution in [3.63, 3.8) is 0 Å². The molecule has 0 saturated heterocycles. The summed E-state index contributed by atoms with van der Waals surface area (Å²) in [4.78, 5) is 51.6. The van der Waals surface area contributed by atoms with Crippen LogP contribution in [0.5, 0.6) is 0 Å². The number of allylic oxidation sites excluding steroid dienone is 2. The highest BCUT2D eigenvalue weighted by Crippen LogP contribution is 2.28. The summed E-state index contributed by atoms with van der Waals surface area (Å²) in [6.07, 6.45) is 2.92. The van der Waals surface area contributed by atoms with Gasteiger partial charge in [-0.3, -0.25) is 28.3 Å². The molecule has 6 rings (SSSR count). The molecule has 0 aliphatic heterocycles. The monoisotopic (exact) mass is 346 g/mol. The van der Waals surface area contributed by atoms with Gasteiger partial charge in [0.2, 0.25) is 0 Å². The van der Waals surface area contributed by atoms with Crippen LogP contribution in [0.3, 0.4) is 0 Å². The molecule has 0 radical (unpaired) electrons. The number of rotatable bonds is 4. The number of aromatic nitrogens is 2. The zero-order valence-corrected chi connectivity index (χ0v) is 13.8. The van der Waals surface area contributed by atoms with Crippen LogP contribution in [-0.2, 0) is 13.1 Å². The van der Waals surface area contributed by atoms with E-state index in [0.29, 0.717) is 10.8 Å². The lowest BCUT2D eigenvalue weighted by molar-refractivity contribution is 0.766. The van der Waals surface area contributed by atoms with Crippen LogP contribution in [0, 0.1) is 0 Å². The van der Waals surface area contributed by atoms with Gasteiger partial charge < -0.3 is 0 Å². The molecule has 0 spiro atoms. The molecule has 6 aromatic rings. The van der Waals surface area contributed by atoms with Gasteiger partial charge in [0, 0.05) is 45.4 Å². The highest BCUT2D eigenvalue weighted by molar-refractivity contribution is 6.22. The molecule has 4 aromatic heterocycles. The summed E-state index contributed by atoms with van der Waals surface area (Å²) in [5.41, 5.74) is -2.02. The zero-order valence-electron chi connectivity index (χ0n) is 13.8. The number of benzene rings is 2. The second-order valence-electron chi connectivity index (χ2n) is 6.09. The number of hydrogen-bond donors (Lipinski definition) is 0. The predicted molar refractivity (Wildman–Crippen MR) is 103 cm³/mol.